The van der Waals surface area contributed by atoms with Crippen LogP contribution in [0.2, 0.25) is 0 Å². The number of sulfone groups is 1. The lowest BCUT2D eigenvalue weighted by atomic mass is 9.99. The monoisotopic (exact) mass is 314 g/mol. The fourth-order valence-corrected chi connectivity index (χ4v) is 4.90. The minimum absolute atomic E-state index is 0.225. The maximum atomic E-state index is 12.3. The van der Waals surface area contributed by atoms with E-state index in [0.29, 0.717) is 17.9 Å². The number of nitrogens with two attached hydrogens (primary N) is 1. The number of benzene rings is 1. The van der Waals surface area contributed by atoms with Gasteiger partial charge in [0.2, 0.25) is 0 Å². The molecule has 1 aromatic rings. The molecule has 0 aliphatic carbocycles. The smallest absolute Gasteiger partial charge is 0.161 e. The normalized spacial score (nSPS) is 22.5. The van der Waals surface area contributed by atoms with E-state index >= 15 is 0 Å². The Morgan fingerprint density at radius 3 is 2.52 bits per heavy atom. The average molecular weight is 314 g/mol. The molecule has 1 aliphatic heterocycles. The van der Waals surface area contributed by atoms with Crippen LogP contribution >= 0.6 is 0 Å². The minimum Gasteiger partial charge on any atom is -0.493 e. The van der Waals surface area contributed by atoms with Crippen LogP contribution in [0.1, 0.15) is 30.9 Å². The van der Waals surface area contributed by atoms with Gasteiger partial charge in [-0.2, -0.15) is 0 Å². The van der Waals surface area contributed by atoms with E-state index in [1.165, 1.54) is 0 Å². The predicted octanol–water partition coefficient (Wildman–Crippen LogP) is 1.18. The number of hydrogen-bond donors (Lipinski definition) is 2. The molecule has 0 aromatic heterocycles. The fraction of sp³-hybridized carbons (Fsp3) is 0.571. The van der Waals surface area contributed by atoms with Gasteiger partial charge in [-0.15, -0.1) is 0 Å². The molecule has 118 valence electrons. The Labute approximate surface area is 125 Å². The molecule has 1 saturated heterocycles. The summed E-state index contributed by atoms with van der Waals surface area (Å²) >= 11 is 0. The average Bonchev–Trinajstić information content (AvgIpc) is 2.49. The molecule has 6 nitrogen and oxygen atoms in total. The van der Waals surface area contributed by atoms with Crippen LogP contribution in [0.15, 0.2) is 18.2 Å². The Hall–Kier alpha value is -1.31. The summed E-state index contributed by atoms with van der Waals surface area (Å²) in [6, 6.07) is 4.90. The second kappa shape index (κ2) is 6.64. The molecule has 1 aliphatic rings. The second-order valence-electron chi connectivity index (χ2n) is 5.16. The van der Waals surface area contributed by atoms with E-state index in [1.54, 1.807) is 26.4 Å². The fourth-order valence-electron chi connectivity index (χ4n) is 2.82. The molecule has 1 heterocycles. The summed E-state index contributed by atoms with van der Waals surface area (Å²) in [5.74, 6) is 7.02. The Morgan fingerprint density at radius 2 is 1.95 bits per heavy atom. The first kappa shape index (κ1) is 16.1. The molecule has 7 heteroatoms. The van der Waals surface area contributed by atoms with E-state index in [2.05, 4.69) is 5.43 Å². The SMILES string of the molecule is COc1ccc(C(NN)C2CCCCS2(=O)=O)cc1OC. The molecular formula is C14H22N2O4S. The lowest BCUT2D eigenvalue weighted by Gasteiger charge is -2.30. The van der Waals surface area contributed by atoms with Gasteiger partial charge in [-0.05, 0) is 30.5 Å². The lowest BCUT2D eigenvalue weighted by molar-refractivity contribution is 0.353. The minimum atomic E-state index is -3.13. The van der Waals surface area contributed by atoms with Crippen LogP contribution in [0.4, 0.5) is 0 Å². The highest BCUT2D eigenvalue weighted by atomic mass is 32.2. The highest BCUT2D eigenvalue weighted by molar-refractivity contribution is 7.92. The van der Waals surface area contributed by atoms with Crippen molar-refractivity contribution < 1.29 is 17.9 Å². The zero-order chi connectivity index (χ0) is 15.5. The lowest BCUT2D eigenvalue weighted by Crippen LogP contribution is -2.43. The van der Waals surface area contributed by atoms with Crippen LogP contribution in [-0.4, -0.2) is 33.6 Å². The van der Waals surface area contributed by atoms with Crippen LogP contribution in [0.5, 0.6) is 11.5 Å². The molecule has 2 unspecified atom stereocenters. The number of hydrazine groups is 1. The van der Waals surface area contributed by atoms with E-state index in [4.69, 9.17) is 15.3 Å². The van der Waals surface area contributed by atoms with Gasteiger partial charge in [0.1, 0.15) is 0 Å². The van der Waals surface area contributed by atoms with Gasteiger partial charge in [0.25, 0.3) is 0 Å². The van der Waals surface area contributed by atoms with Crippen molar-refractivity contribution in [3.05, 3.63) is 23.8 Å². The van der Waals surface area contributed by atoms with Crippen molar-refractivity contribution in [1.82, 2.24) is 5.43 Å². The number of rotatable bonds is 5. The van der Waals surface area contributed by atoms with Gasteiger partial charge in [-0.3, -0.25) is 11.3 Å². The van der Waals surface area contributed by atoms with E-state index in [1.807, 2.05) is 6.07 Å². The standard InChI is InChI=1S/C14H22N2O4S/c1-19-11-7-6-10(9-12(11)20-2)14(16-15)13-5-3-4-8-21(13,17)18/h6-7,9,13-14,16H,3-5,8,15H2,1-2H3. The highest BCUT2D eigenvalue weighted by Gasteiger charge is 2.36. The van der Waals surface area contributed by atoms with Crippen molar-refractivity contribution >= 4 is 9.84 Å². The molecule has 0 radical (unpaired) electrons. The molecule has 2 atom stereocenters. The number of methoxy groups -OCH3 is 2. The van der Waals surface area contributed by atoms with Crippen LogP contribution < -0.4 is 20.7 Å². The van der Waals surface area contributed by atoms with Crippen LogP contribution in [0.25, 0.3) is 0 Å². The van der Waals surface area contributed by atoms with Crippen LogP contribution in [0.3, 0.4) is 0 Å². The van der Waals surface area contributed by atoms with Gasteiger partial charge in [-0.1, -0.05) is 12.5 Å². The van der Waals surface area contributed by atoms with E-state index in [-0.39, 0.29) is 5.75 Å². The maximum absolute atomic E-state index is 12.3. The summed E-state index contributed by atoms with van der Waals surface area (Å²) in [7, 11) is -0.0300. The number of hydrogen-bond acceptors (Lipinski definition) is 6. The Bertz CT molecular complexity index is 589. The summed E-state index contributed by atoms with van der Waals surface area (Å²) in [5.41, 5.74) is 3.44. The van der Waals surface area contributed by atoms with Gasteiger partial charge in [0.05, 0.1) is 31.3 Å². The molecule has 1 aromatic carbocycles. The highest BCUT2D eigenvalue weighted by Crippen LogP contribution is 2.35. The Balaban J connectivity index is 2.37. The van der Waals surface area contributed by atoms with Gasteiger partial charge >= 0.3 is 0 Å². The summed E-state index contributed by atoms with van der Waals surface area (Å²) < 4.78 is 35.0. The van der Waals surface area contributed by atoms with Crippen LogP contribution in [0, 0.1) is 0 Å². The second-order valence-corrected chi connectivity index (χ2v) is 7.50. The number of nitrogens with one attached hydrogen (secondary N) is 1. The first-order chi connectivity index (χ1) is 10.0. The molecule has 0 amide bonds. The molecule has 0 saturated carbocycles. The van der Waals surface area contributed by atoms with E-state index in [9.17, 15) is 8.42 Å². The Morgan fingerprint density at radius 1 is 1.24 bits per heavy atom. The molecule has 0 bridgehead atoms. The van der Waals surface area contributed by atoms with Crippen molar-refractivity contribution in [2.75, 3.05) is 20.0 Å². The molecular weight excluding hydrogens is 292 g/mol. The maximum Gasteiger partial charge on any atom is 0.161 e. The van der Waals surface area contributed by atoms with Crippen molar-refractivity contribution in [3.63, 3.8) is 0 Å². The largest absolute Gasteiger partial charge is 0.493 e. The van der Waals surface area contributed by atoms with Crippen molar-refractivity contribution in [1.29, 1.82) is 0 Å². The quantitative estimate of drug-likeness (QED) is 0.626. The van der Waals surface area contributed by atoms with Crippen molar-refractivity contribution in [2.24, 2.45) is 5.84 Å². The molecule has 0 spiro atoms. The van der Waals surface area contributed by atoms with E-state index in [0.717, 1.165) is 18.4 Å². The first-order valence-corrected chi connectivity index (χ1v) is 8.64. The van der Waals surface area contributed by atoms with Gasteiger partial charge in [0.15, 0.2) is 21.3 Å². The molecule has 3 N–H and O–H groups in total. The van der Waals surface area contributed by atoms with E-state index < -0.39 is 21.1 Å². The Kier molecular flexibility index (Phi) is 5.08. The van der Waals surface area contributed by atoms with Crippen LogP contribution in [-0.2, 0) is 9.84 Å². The third-order valence-corrected chi connectivity index (χ3v) is 6.23. The third kappa shape index (κ3) is 3.30. The zero-order valence-electron chi connectivity index (χ0n) is 12.3. The summed E-state index contributed by atoms with van der Waals surface area (Å²) in [5, 5.41) is -0.505. The molecule has 1 fully saturated rings. The zero-order valence-corrected chi connectivity index (χ0v) is 13.2. The van der Waals surface area contributed by atoms with Gasteiger partial charge in [0, 0.05) is 0 Å². The first-order valence-electron chi connectivity index (χ1n) is 6.93. The topological polar surface area (TPSA) is 90.6 Å². The summed E-state index contributed by atoms with van der Waals surface area (Å²) in [6.07, 6.45) is 2.24. The predicted molar refractivity (Wildman–Crippen MR) is 81.0 cm³/mol. The summed E-state index contributed by atoms with van der Waals surface area (Å²) in [4.78, 5) is 0. The van der Waals surface area contributed by atoms with Crippen molar-refractivity contribution in [2.45, 2.75) is 30.6 Å². The summed E-state index contributed by atoms with van der Waals surface area (Å²) in [6.45, 7) is 0. The van der Waals surface area contributed by atoms with Crippen molar-refractivity contribution in [3.8, 4) is 11.5 Å². The molecule has 21 heavy (non-hydrogen) atoms. The van der Waals surface area contributed by atoms with Gasteiger partial charge < -0.3 is 9.47 Å². The van der Waals surface area contributed by atoms with Gasteiger partial charge in [-0.25, -0.2) is 8.42 Å². The number of ether oxygens (including phenoxy) is 2. The third-order valence-electron chi connectivity index (χ3n) is 3.95. The molecule has 2 rings (SSSR count).